The standard InChI is InChI=1S/C30H40O10/c1-29(19-37-20-29)17-35-10-8-33-12-14-39-27(31)24-6-7-25-23(16-24)4-3-5-26(25)28(32)40-15-13-34-9-11-36-18-30(2)21-38-22-30/h3-7,16H,8-15,17-22H2,1-2H3. The summed E-state index contributed by atoms with van der Waals surface area (Å²) in [5, 5.41) is 1.43. The van der Waals surface area contributed by atoms with Crippen molar-refractivity contribution < 1.29 is 47.5 Å². The fourth-order valence-electron chi connectivity index (χ4n) is 4.28. The number of hydrogen-bond acceptors (Lipinski definition) is 10. The summed E-state index contributed by atoms with van der Waals surface area (Å²) < 4.78 is 43.3. The number of ether oxygens (including phenoxy) is 8. The van der Waals surface area contributed by atoms with Crippen molar-refractivity contribution in [2.45, 2.75) is 13.8 Å². The number of benzene rings is 2. The molecular weight excluding hydrogens is 520 g/mol. The third-order valence-electron chi connectivity index (χ3n) is 6.70. The Kier molecular flexibility index (Phi) is 11.3. The molecule has 220 valence electrons. The van der Waals surface area contributed by atoms with Gasteiger partial charge in [0.15, 0.2) is 0 Å². The predicted molar refractivity (Wildman–Crippen MR) is 146 cm³/mol. The second-order valence-corrected chi connectivity index (χ2v) is 11.0. The smallest absolute Gasteiger partial charge is 0.338 e. The van der Waals surface area contributed by atoms with E-state index >= 15 is 0 Å². The maximum absolute atomic E-state index is 12.7. The van der Waals surface area contributed by atoms with Gasteiger partial charge in [-0.05, 0) is 29.0 Å². The number of rotatable bonds is 18. The van der Waals surface area contributed by atoms with E-state index in [1.807, 2.05) is 6.07 Å². The summed E-state index contributed by atoms with van der Waals surface area (Å²) in [6.07, 6.45) is 0. The molecular formula is C30H40O10. The molecule has 0 bridgehead atoms. The maximum Gasteiger partial charge on any atom is 0.338 e. The normalized spacial score (nSPS) is 17.1. The summed E-state index contributed by atoms with van der Waals surface area (Å²) in [5.74, 6) is -0.904. The van der Waals surface area contributed by atoms with E-state index in [2.05, 4.69) is 13.8 Å². The summed E-state index contributed by atoms with van der Waals surface area (Å²) in [7, 11) is 0. The number of fused-ring (bicyclic) bond motifs is 1. The monoisotopic (exact) mass is 560 g/mol. The van der Waals surface area contributed by atoms with Crippen LogP contribution in [-0.4, -0.2) is 104 Å². The van der Waals surface area contributed by atoms with Crippen molar-refractivity contribution >= 4 is 22.7 Å². The molecule has 0 spiro atoms. The van der Waals surface area contributed by atoms with Crippen LogP contribution in [0.1, 0.15) is 34.6 Å². The summed E-state index contributed by atoms with van der Waals surface area (Å²) in [6, 6.07) is 10.4. The molecule has 0 atom stereocenters. The summed E-state index contributed by atoms with van der Waals surface area (Å²) in [4.78, 5) is 25.2. The second-order valence-electron chi connectivity index (χ2n) is 11.0. The molecule has 0 N–H and O–H groups in total. The molecule has 10 nitrogen and oxygen atoms in total. The first-order valence-electron chi connectivity index (χ1n) is 13.7. The van der Waals surface area contributed by atoms with Crippen LogP contribution in [0, 0.1) is 10.8 Å². The van der Waals surface area contributed by atoms with E-state index in [0.29, 0.717) is 56.2 Å². The molecule has 0 unspecified atom stereocenters. The van der Waals surface area contributed by atoms with Gasteiger partial charge in [-0.2, -0.15) is 0 Å². The first-order valence-corrected chi connectivity index (χ1v) is 13.7. The Morgan fingerprint density at radius 2 is 1.20 bits per heavy atom. The third-order valence-corrected chi connectivity index (χ3v) is 6.70. The molecule has 2 fully saturated rings. The van der Waals surface area contributed by atoms with Crippen LogP contribution in [0.3, 0.4) is 0 Å². The van der Waals surface area contributed by atoms with Gasteiger partial charge in [-0.1, -0.05) is 32.0 Å². The highest BCUT2D eigenvalue weighted by molar-refractivity contribution is 6.06. The Morgan fingerprint density at radius 1 is 0.675 bits per heavy atom. The van der Waals surface area contributed by atoms with Crippen LogP contribution < -0.4 is 0 Å². The van der Waals surface area contributed by atoms with Gasteiger partial charge in [0.2, 0.25) is 0 Å². The third kappa shape index (κ3) is 8.95. The van der Waals surface area contributed by atoms with E-state index in [9.17, 15) is 9.59 Å². The Balaban J connectivity index is 1.11. The number of hydrogen-bond donors (Lipinski definition) is 0. The first kappa shape index (κ1) is 30.4. The fraction of sp³-hybridized carbons (Fsp3) is 0.600. The summed E-state index contributed by atoms with van der Waals surface area (Å²) in [6.45, 7) is 11.1. The molecule has 0 saturated carbocycles. The van der Waals surface area contributed by atoms with Crippen molar-refractivity contribution in [3.63, 3.8) is 0 Å². The van der Waals surface area contributed by atoms with Crippen molar-refractivity contribution in [2.24, 2.45) is 10.8 Å². The van der Waals surface area contributed by atoms with Gasteiger partial charge in [0.05, 0.1) is 90.4 Å². The summed E-state index contributed by atoms with van der Waals surface area (Å²) >= 11 is 0. The Morgan fingerprint density at radius 3 is 1.75 bits per heavy atom. The first-order chi connectivity index (χ1) is 19.4. The van der Waals surface area contributed by atoms with Gasteiger partial charge in [0.1, 0.15) is 13.2 Å². The Hall–Kier alpha value is -2.60. The summed E-state index contributed by atoms with van der Waals surface area (Å²) in [5.41, 5.74) is 1.05. The van der Waals surface area contributed by atoms with Crippen LogP contribution >= 0.6 is 0 Å². The van der Waals surface area contributed by atoms with Crippen LogP contribution in [0.15, 0.2) is 36.4 Å². The zero-order chi connectivity index (χ0) is 28.3. The molecule has 0 radical (unpaired) electrons. The molecule has 2 heterocycles. The molecule has 2 aromatic carbocycles. The lowest BCUT2D eigenvalue weighted by atomic mass is 9.90. The minimum atomic E-state index is -0.455. The minimum absolute atomic E-state index is 0.115. The quantitative estimate of drug-likeness (QED) is 0.199. The maximum atomic E-state index is 12.7. The predicted octanol–water partition coefficient (Wildman–Crippen LogP) is 3.29. The molecule has 2 aliphatic heterocycles. The van der Waals surface area contributed by atoms with Crippen molar-refractivity contribution in [3.05, 3.63) is 47.5 Å². The van der Waals surface area contributed by atoms with E-state index < -0.39 is 11.9 Å². The largest absolute Gasteiger partial charge is 0.460 e. The SMILES string of the molecule is CC1(COCCOCCOC(=O)c2ccc3c(C(=O)OCCOCCOCC4(C)COC4)cccc3c2)COC1. The average molecular weight is 561 g/mol. The van der Waals surface area contributed by atoms with E-state index in [4.69, 9.17) is 37.9 Å². The molecule has 2 saturated heterocycles. The van der Waals surface area contributed by atoms with E-state index in [-0.39, 0.29) is 37.3 Å². The number of carbonyl (C=O) groups is 2. The molecule has 40 heavy (non-hydrogen) atoms. The van der Waals surface area contributed by atoms with Crippen LogP contribution in [0.4, 0.5) is 0 Å². The molecule has 0 amide bonds. The minimum Gasteiger partial charge on any atom is -0.460 e. The van der Waals surface area contributed by atoms with Gasteiger partial charge in [-0.25, -0.2) is 9.59 Å². The Labute approximate surface area is 235 Å². The van der Waals surface area contributed by atoms with Gasteiger partial charge < -0.3 is 37.9 Å². The zero-order valence-corrected chi connectivity index (χ0v) is 23.4. The lowest BCUT2D eigenvalue weighted by Gasteiger charge is -2.37. The molecule has 0 aliphatic carbocycles. The second kappa shape index (κ2) is 14.9. The number of esters is 2. The van der Waals surface area contributed by atoms with Crippen molar-refractivity contribution in [3.8, 4) is 0 Å². The average Bonchev–Trinajstić information content (AvgIpc) is 2.92. The van der Waals surface area contributed by atoms with Gasteiger partial charge >= 0.3 is 11.9 Å². The van der Waals surface area contributed by atoms with Crippen molar-refractivity contribution in [1.82, 2.24) is 0 Å². The number of carbonyl (C=O) groups excluding carboxylic acids is 2. The van der Waals surface area contributed by atoms with Gasteiger partial charge in [-0.15, -0.1) is 0 Å². The van der Waals surface area contributed by atoms with Crippen LogP contribution in [0.2, 0.25) is 0 Å². The van der Waals surface area contributed by atoms with Crippen molar-refractivity contribution in [2.75, 3.05) is 92.5 Å². The highest BCUT2D eigenvalue weighted by Gasteiger charge is 2.34. The van der Waals surface area contributed by atoms with Gasteiger partial charge in [0, 0.05) is 10.8 Å². The van der Waals surface area contributed by atoms with E-state index in [1.165, 1.54) is 0 Å². The van der Waals surface area contributed by atoms with Crippen molar-refractivity contribution in [1.29, 1.82) is 0 Å². The van der Waals surface area contributed by atoms with E-state index in [0.717, 1.165) is 31.8 Å². The van der Waals surface area contributed by atoms with Crippen LogP contribution in [0.5, 0.6) is 0 Å². The lowest BCUT2D eigenvalue weighted by molar-refractivity contribution is -0.141. The molecule has 2 aliphatic rings. The molecule has 2 aromatic rings. The molecule has 0 aromatic heterocycles. The van der Waals surface area contributed by atoms with Crippen LogP contribution in [0.25, 0.3) is 10.8 Å². The van der Waals surface area contributed by atoms with Gasteiger partial charge in [0.25, 0.3) is 0 Å². The van der Waals surface area contributed by atoms with E-state index in [1.54, 1.807) is 30.3 Å². The van der Waals surface area contributed by atoms with Crippen LogP contribution in [-0.2, 0) is 37.9 Å². The lowest BCUT2D eigenvalue weighted by Crippen LogP contribution is -2.43. The highest BCUT2D eigenvalue weighted by Crippen LogP contribution is 2.27. The fourth-order valence-corrected chi connectivity index (χ4v) is 4.28. The topological polar surface area (TPSA) is 108 Å². The highest BCUT2D eigenvalue weighted by atomic mass is 16.6. The van der Waals surface area contributed by atoms with Gasteiger partial charge in [-0.3, -0.25) is 0 Å². The molecule has 10 heteroatoms. The zero-order valence-electron chi connectivity index (χ0n) is 23.4. The molecule has 4 rings (SSSR count). The Bertz CT molecular complexity index is 1110.